The topological polar surface area (TPSA) is 26.0 Å². The normalized spacial score (nSPS) is 24.8. The Labute approximate surface area is 109 Å². The highest BCUT2D eigenvalue weighted by Gasteiger charge is 2.55. The van der Waals surface area contributed by atoms with Gasteiger partial charge in [-0.1, -0.05) is 68.4 Å². The zero-order valence-electron chi connectivity index (χ0n) is 10.9. The highest BCUT2D eigenvalue weighted by atomic mass is 14.8. The minimum atomic E-state index is 0.258. The molecule has 1 fully saturated rings. The highest BCUT2D eigenvalue weighted by molar-refractivity contribution is 5.63. The van der Waals surface area contributed by atoms with E-state index in [-0.39, 0.29) is 5.41 Å². The first-order valence-electron chi connectivity index (χ1n) is 6.51. The fourth-order valence-electron chi connectivity index (χ4n) is 2.83. The molecule has 1 saturated carbocycles. The molecule has 0 aromatic heterocycles. The van der Waals surface area contributed by atoms with Crippen LogP contribution >= 0.6 is 0 Å². The van der Waals surface area contributed by atoms with Crippen molar-refractivity contribution in [3.63, 3.8) is 0 Å². The summed E-state index contributed by atoms with van der Waals surface area (Å²) in [5.74, 6) is 0.516. The Morgan fingerprint density at radius 3 is 1.83 bits per heavy atom. The van der Waals surface area contributed by atoms with Crippen LogP contribution in [0.15, 0.2) is 54.6 Å². The Morgan fingerprint density at radius 1 is 0.833 bits per heavy atom. The lowest BCUT2D eigenvalue weighted by Gasteiger charge is -2.05. The van der Waals surface area contributed by atoms with Gasteiger partial charge in [0.25, 0.3) is 0 Å². The first-order chi connectivity index (χ1) is 8.60. The van der Waals surface area contributed by atoms with Gasteiger partial charge in [-0.3, -0.25) is 0 Å². The first kappa shape index (κ1) is 11.5. The molecule has 1 nitrogen and oxygen atoms in total. The van der Waals surface area contributed by atoms with Crippen molar-refractivity contribution in [1.29, 1.82) is 0 Å². The molecule has 0 radical (unpaired) electrons. The summed E-state index contributed by atoms with van der Waals surface area (Å²) in [6, 6.07) is 19.6. The molecule has 3 rings (SSSR count). The second-order valence-electron chi connectivity index (χ2n) is 5.81. The molecule has 0 aliphatic heterocycles. The molecule has 0 heterocycles. The number of hydrogen-bond acceptors (Lipinski definition) is 1. The SMILES string of the molecule is CC1(C)[C@@H](N)[C@@H]1c1ccc(-c2ccccc2)cc1. The maximum atomic E-state index is 6.13. The van der Waals surface area contributed by atoms with Crippen molar-refractivity contribution < 1.29 is 0 Å². The zero-order valence-corrected chi connectivity index (χ0v) is 10.9. The van der Waals surface area contributed by atoms with E-state index in [9.17, 15) is 0 Å². The van der Waals surface area contributed by atoms with Crippen molar-refractivity contribution in [2.24, 2.45) is 11.1 Å². The van der Waals surface area contributed by atoms with Crippen molar-refractivity contribution in [1.82, 2.24) is 0 Å². The smallest absolute Gasteiger partial charge is 0.0172 e. The fourth-order valence-corrected chi connectivity index (χ4v) is 2.83. The highest BCUT2D eigenvalue weighted by Crippen LogP contribution is 2.57. The molecule has 1 aliphatic carbocycles. The molecule has 2 N–H and O–H groups in total. The molecule has 1 aliphatic rings. The molecule has 92 valence electrons. The van der Waals surface area contributed by atoms with Crippen LogP contribution in [0.1, 0.15) is 25.3 Å². The van der Waals surface area contributed by atoms with Crippen LogP contribution in [0.3, 0.4) is 0 Å². The largest absolute Gasteiger partial charge is 0.327 e. The van der Waals surface area contributed by atoms with E-state index in [0.717, 1.165) is 0 Å². The van der Waals surface area contributed by atoms with Gasteiger partial charge in [0.1, 0.15) is 0 Å². The summed E-state index contributed by atoms with van der Waals surface area (Å²) in [6.07, 6.45) is 0. The standard InChI is InChI=1S/C17H19N/c1-17(2)15(16(17)18)14-10-8-13(9-11-14)12-6-4-3-5-7-12/h3-11,15-16H,18H2,1-2H3/t15-,16-/m0/s1. The van der Waals surface area contributed by atoms with E-state index >= 15 is 0 Å². The summed E-state index contributed by atoms with van der Waals surface area (Å²) >= 11 is 0. The summed E-state index contributed by atoms with van der Waals surface area (Å²) < 4.78 is 0. The average Bonchev–Trinajstić information content (AvgIpc) is 2.90. The minimum absolute atomic E-state index is 0.258. The van der Waals surface area contributed by atoms with Crippen LogP contribution in [0.2, 0.25) is 0 Å². The van der Waals surface area contributed by atoms with Crippen molar-refractivity contribution in [2.45, 2.75) is 25.8 Å². The Morgan fingerprint density at radius 2 is 1.33 bits per heavy atom. The third-order valence-corrected chi connectivity index (χ3v) is 4.29. The lowest BCUT2D eigenvalue weighted by Crippen LogP contribution is -2.06. The Bertz CT molecular complexity index is 540. The molecule has 1 heteroatoms. The van der Waals surface area contributed by atoms with E-state index < -0.39 is 0 Å². The molecule has 2 aromatic rings. The Kier molecular flexibility index (Phi) is 2.53. The van der Waals surface area contributed by atoms with E-state index in [1.807, 2.05) is 6.07 Å². The maximum Gasteiger partial charge on any atom is 0.0172 e. The summed E-state index contributed by atoms with van der Waals surface area (Å²) in [4.78, 5) is 0. The van der Waals surface area contributed by atoms with Gasteiger partial charge in [0.05, 0.1) is 0 Å². The van der Waals surface area contributed by atoms with Crippen LogP contribution in [-0.4, -0.2) is 6.04 Å². The second kappa shape index (κ2) is 3.96. The molecule has 2 atom stereocenters. The molecule has 2 aromatic carbocycles. The van der Waals surface area contributed by atoms with E-state index in [2.05, 4.69) is 62.4 Å². The summed E-state index contributed by atoms with van der Waals surface area (Å²) in [5.41, 5.74) is 10.3. The number of rotatable bonds is 2. The lowest BCUT2D eigenvalue weighted by atomic mass is 9.99. The van der Waals surface area contributed by atoms with E-state index in [4.69, 9.17) is 5.73 Å². The van der Waals surface area contributed by atoms with Crippen molar-refractivity contribution in [2.75, 3.05) is 0 Å². The van der Waals surface area contributed by atoms with E-state index in [0.29, 0.717) is 12.0 Å². The third kappa shape index (κ3) is 1.75. The van der Waals surface area contributed by atoms with Gasteiger partial charge in [0, 0.05) is 12.0 Å². The summed E-state index contributed by atoms with van der Waals surface area (Å²) in [7, 11) is 0. The summed E-state index contributed by atoms with van der Waals surface area (Å²) in [6.45, 7) is 4.49. The van der Waals surface area contributed by atoms with Gasteiger partial charge in [-0.2, -0.15) is 0 Å². The number of benzene rings is 2. The molecule has 0 bridgehead atoms. The molecule has 0 unspecified atom stereocenters. The van der Waals surface area contributed by atoms with Crippen molar-refractivity contribution >= 4 is 0 Å². The Balaban J connectivity index is 1.87. The van der Waals surface area contributed by atoms with Gasteiger partial charge in [-0.15, -0.1) is 0 Å². The van der Waals surface area contributed by atoms with Crippen molar-refractivity contribution in [3.8, 4) is 11.1 Å². The third-order valence-electron chi connectivity index (χ3n) is 4.29. The van der Waals surface area contributed by atoms with Gasteiger partial charge in [0.2, 0.25) is 0 Å². The predicted octanol–water partition coefficient (Wildman–Crippen LogP) is 3.80. The van der Waals surface area contributed by atoms with Crippen LogP contribution in [0.4, 0.5) is 0 Å². The van der Waals surface area contributed by atoms with Crippen LogP contribution in [-0.2, 0) is 0 Å². The zero-order chi connectivity index (χ0) is 12.8. The van der Waals surface area contributed by atoms with Crippen LogP contribution in [0.5, 0.6) is 0 Å². The number of hydrogen-bond donors (Lipinski definition) is 1. The molecular formula is C17H19N. The average molecular weight is 237 g/mol. The maximum absolute atomic E-state index is 6.13. The Hall–Kier alpha value is -1.60. The van der Waals surface area contributed by atoms with Crippen LogP contribution < -0.4 is 5.73 Å². The van der Waals surface area contributed by atoms with Crippen LogP contribution in [0, 0.1) is 5.41 Å². The minimum Gasteiger partial charge on any atom is -0.327 e. The van der Waals surface area contributed by atoms with Crippen molar-refractivity contribution in [3.05, 3.63) is 60.2 Å². The van der Waals surface area contributed by atoms with Gasteiger partial charge in [0.15, 0.2) is 0 Å². The molecule has 0 amide bonds. The van der Waals surface area contributed by atoms with Gasteiger partial charge in [-0.25, -0.2) is 0 Å². The van der Waals surface area contributed by atoms with Gasteiger partial charge >= 0.3 is 0 Å². The molecule has 0 saturated heterocycles. The molecule has 18 heavy (non-hydrogen) atoms. The molecular weight excluding hydrogens is 218 g/mol. The molecule has 0 spiro atoms. The van der Waals surface area contributed by atoms with E-state index in [1.54, 1.807) is 0 Å². The van der Waals surface area contributed by atoms with Gasteiger partial charge in [-0.05, 0) is 22.1 Å². The number of nitrogens with two attached hydrogens (primary N) is 1. The van der Waals surface area contributed by atoms with Crippen LogP contribution in [0.25, 0.3) is 11.1 Å². The quantitative estimate of drug-likeness (QED) is 0.844. The monoisotopic (exact) mass is 237 g/mol. The fraction of sp³-hybridized carbons (Fsp3) is 0.294. The lowest BCUT2D eigenvalue weighted by molar-refractivity contribution is 0.599. The summed E-state index contributed by atoms with van der Waals surface area (Å²) in [5, 5.41) is 0. The second-order valence-corrected chi connectivity index (χ2v) is 5.81. The van der Waals surface area contributed by atoms with E-state index in [1.165, 1.54) is 16.7 Å². The van der Waals surface area contributed by atoms with Gasteiger partial charge < -0.3 is 5.73 Å². The predicted molar refractivity (Wildman–Crippen MR) is 76.4 cm³/mol. The first-order valence-corrected chi connectivity index (χ1v) is 6.51.